The molecule has 72 valence electrons. The van der Waals surface area contributed by atoms with Crippen LogP contribution in [0.3, 0.4) is 0 Å². The molecular weight excluding hydrogens is 146 g/mol. The molecule has 0 amide bonds. The van der Waals surface area contributed by atoms with Crippen molar-refractivity contribution in [1.29, 1.82) is 0 Å². The van der Waals surface area contributed by atoms with Crippen molar-refractivity contribution in [1.82, 2.24) is 5.32 Å². The summed E-state index contributed by atoms with van der Waals surface area (Å²) < 4.78 is 0. The lowest BCUT2D eigenvalue weighted by Gasteiger charge is -2.55. The lowest BCUT2D eigenvalue weighted by molar-refractivity contribution is -0.0311. The molecule has 0 spiro atoms. The van der Waals surface area contributed by atoms with Gasteiger partial charge in [-0.25, -0.2) is 0 Å². The third kappa shape index (κ3) is 1.39. The Hall–Kier alpha value is -0.0400. The van der Waals surface area contributed by atoms with Gasteiger partial charge in [-0.2, -0.15) is 0 Å². The molecule has 12 heavy (non-hydrogen) atoms. The molecule has 0 aromatic carbocycles. The van der Waals surface area contributed by atoms with Gasteiger partial charge in [-0.3, -0.25) is 0 Å². The summed E-state index contributed by atoms with van der Waals surface area (Å²) >= 11 is 0. The summed E-state index contributed by atoms with van der Waals surface area (Å²) in [6.45, 7) is 11.4. The van der Waals surface area contributed by atoms with Gasteiger partial charge in [-0.15, -0.1) is 0 Å². The van der Waals surface area contributed by atoms with E-state index >= 15 is 0 Å². The fraction of sp³-hybridized carbons (Fsp3) is 1.00. The molecule has 1 aliphatic heterocycles. The highest BCUT2D eigenvalue weighted by atomic mass is 14.9. The van der Waals surface area contributed by atoms with E-state index in [0.717, 1.165) is 11.8 Å². The van der Waals surface area contributed by atoms with Gasteiger partial charge in [-0.1, -0.05) is 27.7 Å². The molecule has 0 aromatic rings. The zero-order valence-electron chi connectivity index (χ0n) is 8.98. The number of nitrogens with one attached hydrogen (secondary N) is 1. The highest BCUT2D eigenvalue weighted by Crippen LogP contribution is 2.52. The summed E-state index contributed by atoms with van der Waals surface area (Å²) in [5.74, 6) is 1.90. The lowest BCUT2D eigenvalue weighted by atomic mass is 9.54. The van der Waals surface area contributed by atoms with Gasteiger partial charge in [0, 0.05) is 0 Å². The number of hydrogen-bond donors (Lipinski definition) is 1. The van der Waals surface area contributed by atoms with Crippen LogP contribution in [0.4, 0.5) is 0 Å². The molecule has 2 rings (SSSR count). The third-order valence-electron chi connectivity index (χ3n) is 3.93. The van der Waals surface area contributed by atoms with Crippen molar-refractivity contribution in [3.8, 4) is 0 Å². The Balaban J connectivity index is 0.000000336. The molecule has 2 aliphatic rings. The van der Waals surface area contributed by atoms with Crippen LogP contribution >= 0.6 is 0 Å². The second kappa shape index (κ2) is 3.78. The maximum absolute atomic E-state index is 3.49. The maximum atomic E-state index is 3.49. The molecule has 3 unspecified atom stereocenters. The molecule has 0 aromatic heterocycles. The summed E-state index contributed by atoms with van der Waals surface area (Å²) in [6.07, 6.45) is 2.94. The normalized spacial score (nSPS) is 45.0. The van der Waals surface area contributed by atoms with E-state index in [9.17, 15) is 0 Å². The van der Waals surface area contributed by atoms with Crippen LogP contribution < -0.4 is 5.32 Å². The van der Waals surface area contributed by atoms with Crippen molar-refractivity contribution in [2.45, 2.75) is 40.5 Å². The van der Waals surface area contributed by atoms with Crippen molar-refractivity contribution < 1.29 is 0 Å². The Morgan fingerprint density at radius 1 is 1.25 bits per heavy atom. The number of piperidine rings is 1. The minimum atomic E-state index is 0.714. The van der Waals surface area contributed by atoms with Crippen LogP contribution in [-0.2, 0) is 0 Å². The van der Waals surface area contributed by atoms with E-state index < -0.39 is 0 Å². The Labute approximate surface area is 76.9 Å². The second-order valence-corrected chi connectivity index (χ2v) is 4.30. The van der Waals surface area contributed by atoms with Crippen LogP contribution in [0.1, 0.15) is 40.5 Å². The van der Waals surface area contributed by atoms with Crippen LogP contribution in [0.15, 0.2) is 0 Å². The average molecular weight is 169 g/mol. The van der Waals surface area contributed by atoms with Gasteiger partial charge in [0.1, 0.15) is 0 Å². The summed E-state index contributed by atoms with van der Waals surface area (Å²) in [5.41, 5.74) is 0.714. The predicted molar refractivity (Wildman–Crippen MR) is 54.2 cm³/mol. The first-order valence-corrected chi connectivity index (χ1v) is 5.44. The summed E-state index contributed by atoms with van der Waals surface area (Å²) in [6, 6.07) is 0. The highest BCUT2D eigenvalue weighted by molar-refractivity contribution is 4.99. The predicted octanol–water partition coefficient (Wildman–Crippen LogP) is 2.67. The molecule has 1 N–H and O–H groups in total. The van der Waals surface area contributed by atoms with Crippen LogP contribution in [0.2, 0.25) is 0 Å². The van der Waals surface area contributed by atoms with E-state index in [-0.39, 0.29) is 0 Å². The van der Waals surface area contributed by atoms with E-state index in [1.165, 1.54) is 25.9 Å². The Kier molecular flexibility index (Phi) is 3.16. The van der Waals surface area contributed by atoms with Crippen LogP contribution in [0.25, 0.3) is 0 Å². The molecule has 1 aliphatic carbocycles. The molecule has 0 radical (unpaired) electrons. The van der Waals surface area contributed by atoms with Crippen LogP contribution in [-0.4, -0.2) is 13.1 Å². The molecule has 1 nitrogen and oxygen atoms in total. The average Bonchev–Trinajstić information content (AvgIpc) is 2.10. The Bertz CT molecular complexity index is 136. The molecular formula is C11H23N. The van der Waals surface area contributed by atoms with Crippen molar-refractivity contribution in [2.75, 3.05) is 13.1 Å². The first-order chi connectivity index (χ1) is 5.73. The molecule has 2 fully saturated rings. The van der Waals surface area contributed by atoms with Crippen molar-refractivity contribution in [2.24, 2.45) is 17.3 Å². The van der Waals surface area contributed by atoms with Crippen molar-refractivity contribution in [3.63, 3.8) is 0 Å². The molecule has 1 saturated heterocycles. The van der Waals surface area contributed by atoms with E-state index in [1.54, 1.807) is 0 Å². The van der Waals surface area contributed by atoms with Gasteiger partial charge >= 0.3 is 0 Å². The standard InChI is InChI=1S/C9H17N.C2H6/c1-7-5-10-6-8-3-4-9(7,8)2;1-2/h7-8,10H,3-6H2,1-2H3;1-2H3. The smallest absolute Gasteiger partial charge is 0.00151 e. The number of fused-ring (bicyclic) bond motifs is 1. The molecule has 1 heterocycles. The van der Waals surface area contributed by atoms with E-state index in [2.05, 4.69) is 19.2 Å². The SMILES string of the molecule is CC.CC1CNCC2CCC12C. The quantitative estimate of drug-likeness (QED) is 0.588. The van der Waals surface area contributed by atoms with E-state index in [4.69, 9.17) is 0 Å². The zero-order valence-corrected chi connectivity index (χ0v) is 8.98. The second-order valence-electron chi connectivity index (χ2n) is 4.30. The lowest BCUT2D eigenvalue weighted by Crippen LogP contribution is -2.55. The number of rotatable bonds is 0. The molecule has 1 heteroatoms. The van der Waals surface area contributed by atoms with Gasteiger partial charge in [0.05, 0.1) is 0 Å². The monoisotopic (exact) mass is 169 g/mol. The molecule has 1 saturated carbocycles. The molecule has 0 bridgehead atoms. The topological polar surface area (TPSA) is 12.0 Å². The van der Waals surface area contributed by atoms with E-state index in [0.29, 0.717) is 5.41 Å². The fourth-order valence-corrected chi connectivity index (χ4v) is 2.50. The number of hydrogen-bond acceptors (Lipinski definition) is 1. The van der Waals surface area contributed by atoms with Crippen molar-refractivity contribution in [3.05, 3.63) is 0 Å². The Morgan fingerprint density at radius 3 is 2.25 bits per heavy atom. The summed E-state index contributed by atoms with van der Waals surface area (Å²) in [5, 5.41) is 3.49. The van der Waals surface area contributed by atoms with Gasteiger partial charge < -0.3 is 5.32 Å². The summed E-state index contributed by atoms with van der Waals surface area (Å²) in [7, 11) is 0. The van der Waals surface area contributed by atoms with Gasteiger partial charge in [0.2, 0.25) is 0 Å². The van der Waals surface area contributed by atoms with Crippen molar-refractivity contribution >= 4 is 0 Å². The minimum Gasteiger partial charge on any atom is -0.316 e. The Morgan fingerprint density at radius 2 is 1.92 bits per heavy atom. The van der Waals surface area contributed by atoms with E-state index in [1.807, 2.05) is 13.8 Å². The maximum Gasteiger partial charge on any atom is -0.00151 e. The molecule has 3 atom stereocenters. The fourth-order valence-electron chi connectivity index (χ4n) is 2.50. The van der Waals surface area contributed by atoms with Gasteiger partial charge in [-0.05, 0) is 43.2 Å². The zero-order chi connectivity index (χ0) is 9.19. The van der Waals surface area contributed by atoms with Gasteiger partial charge in [0.15, 0.2) is 0 Å². The highest BCUT2D eigenvalue weighted by Gasteiger charge is 2.47. The minimum absolute atomic E-state index is 0.714. The largest absolute Gasteiger partial charge is 0.316 e. The van der Waals surface area contributed by atoms with Gasteiger partial charge in [0.25, 0.3) is 0 Å². The summed E-state index contributed by atoms with van der Waals surface area (Å²) in [4.78, 5) is 0. The van der Waals surface area contributed by atoms with Crippen LogP contribution in [0, 0.1) is 17.3 Å². The first-order valence-electron chi connectivity index (χ1n) is 5.44. The first kappa shape index (κ1) is 10.0. The third-order valence-corrected chi connectivity index (χ3v) is 3.93. The van der Waals surface area contributed by atoms with Crippen LogP contribution in [0.5, 0.6) is 0 Å².